The average Bonchev–Trinajstić information content (AvgIpc) is 2.37. The first-order valence-corrected chi connectivity index (χ1v) is 6.02. The maximum atomic E-state index is 11.7. The summed E-state index contributed by atoms with van der Waals surface area (Å²) >= 11 is 0. The number of nitriles is 1. The lowest BCUT2D eigenvalue weighted by molar-refractivity contribution is -0.139. The SMILES string of the molecule is Cc1cc(C=C(C#N)C(=O)OCC(C)C)ccc1O. The first-order chi connectivity index (χ1) is 8.93. The summed E-state index contributed by atoms with van der Waals surface area (Å²) in [6, 6.07) is 6.69. The number of nitrogens with zero attached hydrogens (tertiary/aromatic N) is 1. The van der Waals surface area contributed by atoms with Crippen molar-refractivity contribution in [2.24, 2.45) is 5.92 Å². The number of rotatable bonds is 4. The number of carbonyl (C=O) groups excluding carboxylic acids is 1. The molecule has 4 heteroatoms. The van der Waals surface area contributed by atoms with Crippen molar-refractivity contribution in [3.8, 4) is 11.8 Å². The summed E-state index contributed by atoms with van der Waals surface area (Å²) in [7, 11) is 0. The van der Waals surface area contributed by atoms with Crippen molar-refractivity contribution in [1.82, 2.24) is 0 Å². The third kappa shape index (κ3) is 4.47. The number of aromatic hydroxyl groups is 1. The average molecular weight is 259 g/mol. The van der Waals surface area contributed by atoms with Crippen molar-refractivity contribution in [2.45, 2.75) is 20.8 Å². The molecule has 1 N–H and O–H groups in total. The summed E-state index contributed by atoms with van der Waals surface area (Å²) in [4.78, 5) is 11.7. The van der Waals surface area contributed by atoms with Gasteiger partial charge in [-0.3, -0.25) is 0 Å². The monoisotopic (exact) mass is 259 g/mol. The third-order valence-electron chi connectivity index (χ3n) is 2.42. The fraction of sp³-hybridized carbons (Fsp3) is 0.333. The van der Waals surface area contributed by atoms with Gasteiger partial charge in [-0.25, -0.2) is 4.79 Å². The number of phenols is 1. The highest BCUT2D eigenvalue weighted by atomic mass is 16.5. The summed E-state index contributed by atoms with van der Waals surface area (Å²) in [5, 5.41) is 18.4. The Morgan fingerprint density at radius 3 is 2.74 bits per heavy atom. The van der Waals surface area contributed by atoms with Crippen LogP contribution in [0.5, 0.6) is 5.75 Å². The first-order valence-electron chi connectivity index (χ1n) is 6.02. The molecule has 1 aromatic rings. The number of hydrogen-bond acceptors (Lipinski definition) is 4. The second-order valence-corrected chi connectivity index (χ2v) is 4.71. The molecule has 0 fully saturated rings. The van der Waals surface area contributed by atoms with Gasteiger partial charge in [0.05, 0.1) is 6.61 Å². The molecule has 4 nitrogen and oxygen atoms in total. The van der Waals surface area contributed by atoms with Gasteiger partial charge in [-0.1, -0.05) is 19.9 Å². The summed E-state index contributed by atoms with van der Waals surface area (Å²) in [5.74, 6) is -0.222. The molecule has 1 aromatic carbocycles. The smallest absolute Gasteiger partial charge is 0.348 e. The summed E-state index contributed by atoms with van der Waals surface area (Å²) in [6.07, 6.45) is 1.45. The molecule has 0 aromatic heterocycles. The Morgan fingerprint density at radius 1 is 1.53 bits per heavy atom. The van der Waals surface area contributed by atoms with Crippen molar-refractivity contribution in [3.05, 3.63) is 34.9 Å². The van der Waals surface area contributed by atoms with Crippen molar-refractivity contribution >= 4 is 12.0 Å². The van der Waals surface area contributed by atoms with Gasteiger partial charge in [0.1, 0.15) is 17.4 Å². The van der Waals surface area contributed by atoms with Crippen LogP contribution in [0.2, 0.25) is 0 Å². The second kappa shape index (κ2) is 6.60. The van der Waals surface area contributed by atoms with E-state index in [-0.39, 0.29) is 23.8 Å². The van der Waals surface area contributed by atoms with Crippen LogP contribution >= 0.6 is 0 Å². The van der Waals surface area contributed by atoms with E-state index in [1.54, 1.807) is 19.1 Å². The van der Waals surface area contributed by atoms with Gasteiger partial charge in [0.15, 0.2) is 0 Å². The van der Waals surface area contributed by atoms with Crippen LogP contribution in [0.4, 0.5) is 0 Å². The molecule has 0 aliphatic carbocycles. The van der Waals surface area contributed by atoms with Crippen LogP contribution in [0.25, 0.3) is 6.08 Å². The molecule has 0 bridgehead atoms. The van der Waals surface area contributed by atoms with Crippen LogP contribution in [0, 0.1) is 24.2 Å². The van der Waals surface area contributed by atoms with Gasteiger partial charge in [0.25, 0.3) is 0 Å². The molecule has 0 heterocycles. The Kier molecular flexibility index (Phi) is 5.13. The zero-order valence-corrected chi connectivity index (χ0v) is 11.3. The third-order valence-corrected chi connectivity index (χ3v) is 2.42. The molecule has 0 atom stereocenters. The van der Waals surface area contributed by atoms with E-state index in [4.69, 9.17) is 10.00 Å². The van der Waals surface area contributed by atoms with E-state index in [0.29, 0.717) is 11.1 Å². The highest BCUT2D eigenvalue weighted by Gasteiger charge is 2.11. The zero-order valence-electron chi connectivity index (χ0n) is 11.3. The lowest BCUT2D eigenvalue weighted by atomic mass is 10.1. The Hall–Kier alpha value is -2.28. The van der Waals surface area contributed by atoms with Crippen LogP contribution in [0.15, 0.2) is 23.8 Å². The van der Waals surface area contributed by atoms with Gasteiger partial charge in [-0.15, -0.1) is 0 Å². The Bertz CT molecular complexity index is 539. The first kappa shape index (κ1) is 14.8. The fourth-order valence-corrected chi connectivity index (χ4v) is 1.39. The van der Waals surface area contributed by atoms with Gasteiger partial charge < -0.3 is 9.84 Å². The normalized spacial score (nSPS) is 11.2. The van der Waals surface area contributed by atoms with Crippen LogP contribution in [-0.4, -0.2) is 17.7 Å². The van der Waals surface area contributed by atoms with Crippen LogP contribution in [-0.2, 0) is 9.53 Å². The topological polar surface area (TPSA) is 70.3 Å². The van der Waals surface area contributed by atoms with E-state index in [2.05, 4.69) is 0 Å². The van der Waals surface area contributed by atoms with Gasteiger partial charge in [-0.2, -0.15) is 5.26 Å². The number of carbonyl (C=O) groups is 1. The predicted octanol–water partition coefficient (Wildman–Crippen LogP) is 2.81. The predicted molar refractivity (Wildman–Crippen MR) is 72.2 cm³/mol. The molecule has 100 valence electrons. The molecular formula is C15H17NO3. The Labute approximate surface area is 112 Å². The van der Waals surface area contributed by atoms with E-state index in [1.807, 2.05) is 19.9 Å². The second-order valence-electron chi connectivity index (χ2n) is 4.71. The minimum atomic E-state index is -0.623. The molecular weight excluding hydrogens is 242 g/mol. The molecule has 1 rings (SSSR count). The molecule has 0 amide bonds. The van der Waals surface area contributed by atoms with E-state index >= 15 is 0 Å². The maximum absolute atomic E-state index is 11.7. The highest BCUT2D eigenvalue weighted by molar-refractivity contribution is 5.97. The molecule has 0 radical (unpaired) electrons. The number of phenolic OH excluding ortho intramolecular Hbond substituents is 1. The summed E-state index contributed by atoms with van der Waals surface area (Å²) in [5.41, 5.74) is 1.31. The van der Waals surface area contributed by atoms with E-state index in [0.717, 1.165) is 0 Å². The minimum Gasteiger partial charge on any atom is -0.508 e. The van der Waals surface area contributed by atoms with Gasteiger partial charge in [0.2, 0.25) is 0 Å². The number of hydrogen-bond donors (Lipinski definition) is 1. The van der Waals surface area contributed by atoms with E-state index in [1.165, 1.54) is 12.1 Å². The number of ether oxygens (including phenoxy) is 1. The standard InChI is InChI=1S/C15H17NO3/c1-10(2)9-19-15(18)13(8-16)7-12-4-5-14(17)11(3)6-12/h4-7,10,17H,9H2,1-3H3. The van der Waals surface area contributed by atoms with E-state index < -0.39 is 5.97 Å². The summed E-state index contributed by atoms with van der Waals surface area (Å²) in [6.45, 7) is 5.88. The van der Waals surface area contributed by atoms with E-state index in [9.17, 15) is 9.90 Å². The Balaban J connectivity index is 2.90. The lowest BCUT2D eigenvalue weighted by Gasteiger charge is -2.06. The largest absolute Gasteiger partial charge is 0.508 e. The quantitative estimate of drug-likeness (QED) is 0.513. The number of benzene rings is 1. The van der Waals surface area contributed by atoms with Gasteiger partial charge in [-0.05, 0) is 42.2 Å². The van der Waals surface area contributed by atoms with Crippen LogP contribution in [0.1, 0.15) is 25.0 Å². The molecule has 0 spiro atoms. The highest BCUT2D eigenvalue weighted by Crippen LogP contribution is 2.19. The Morgan fingerprint density at radius 2 is 2.21 bits per heavy atom. The molecule has 0 saturated heterocycles. The lowest BCUT2D eigenvalue weighted by Crippen LogP contribution is -2.11. The summed E-state index contributed by atoms with van der Waals surface area (Å²) < 4.78 is 5.00. The van der Waals surface area contributed by atoms with Crippen molar-refractivity contribution in [2.75, 3.05) is 6.61 Å². The minimum absolute atomic E-state index is 0.0502. The van der Waals surface area contributed by atoms with Crippen molar-refractivity contribution in [1.29, 1.82) is 5.26 Å². The molecule has 0 saturated carbocycles. The molecule has 0 aliphatic heterocycles. The molecule has 0 unspecified atom stereocenters. The molecule has 0 aliphatic rings. The van der Waals surface area contributed by atoms with Crippen LogP contribution in [0.3, 0.4) is 0 Å². The van der Waals surface area contributed by atoms with Crippen molar-refractivity contribution in [3.63, 3.8) is 0 Å². The fourth-order valence-electron chi connectivity index (χ4n) is 1.39. The van der Waals surface area contributed by atoms with Crippen molar-refractivity contribution < 1.29 is 14.6 Å². The van der Waals surface area contributed by atoms with Gasteiger partial charge in [0, 0.05) is 0 Å². The zero-order chi connectivity index (χ0) is 14.4. The van der Waals surface area contributed by atoms with Crippen LogP contribution < -0.4 is 0 Å². The maximum Gasteiger partial charge on any atom is 0.348 e. The number of esters is 1. The number of aryl methyl sites for hydroxylation is 1. The molecule has 19 heavy (non-hydrogen) atoms. The van der Waals surface area contributed by atoms with Gasteiger partial charge >= 0.3 is 5.97 Å².